The quantitative estimate of drug-likeness (QED) is 0.801. The first-order valence-electron chi connectivity index (χ1n) is 10.1. The van der Waals surface area contributed by atoms with Gasteiger partial charge in [0, 0.05) is 18.2 Å². The van der Waals surface area contributed by atoms with E-state index in [4.69, 9.17) is 4.74 Å². The Morgan fingerprint density at radius 2 is 1.89 bits per heavy atom. The van der Waals surface area contributed by atoms with Gasteiger partial charge < -0.3 is 15.4 Å². The summed E-state index contributed by atoms with van der Waals surface area (Å²) < 4.78 is 5.63. The summed E-state index contributed by atoms with van der Waals surface area (Å²) in [5, 5.41) is 7.61. The van der Waals surface area contributed by atoms with Crippen molar-refractivity contribution in [2.24, 2.45) is 0 Å². The SMILES string of the molecule is COc1ccc(C(C)(C)C)cc1CNC1CCCNC1(C)c1ccccc1. The molecule has 0 saturated carbocycles. The fraction of sp³-hybridized carbons (Fsp3) is 0.500. The highest BCUT2D eigenvalue weighted by Gasteiger charge is 2.37. The third-order valence-corrected chi connectivity index (χ3v) is 5.92. The van der Waals surface area contributed by atoms with Crippen LogP contribution in [-0.2, 0) is 17.5 Å². The highest BCUT2D eigenvalue weighted by molar-refractivity contribution is 5.40. The zero-order valence-electron chi connectivity index (χ0n) is 17.4. The average Bonchev–Trinajstić information content (AvgIpc) is 2.67. The molecule has 2 N–H and O–H groups in total. The fourth-order valence-electron chi connectivity index (χ4n) is 4.08. The summed E-state index contributed by atoms with van der Waals surface area (Å²) in [7, 11) is 1.76. The molecular formula is C24H34N2O. The summed E-state index contributed by atoms with van der Waals surface area (Å²) in [6.07, 6.45) is 2.36. The smallest absolute Gasteiger partial charge is 0.123 e. The van der Waals surface area contributed by atoms with Crippen LogP contribution in [0.2, 0.25) is 0 Å². The highest BCUT2D eigenvalue weighted by atomic mass is 16.5. The summed E-state index contributed by atoms with van der Waals surface area (Å²) in [5.74, 6) is 0.959. The lowest BCUT2D eigenvalue weighted by Gasteiger charge is -2.43. The number of rotatable bonds is 5. The van der Waals surface area contributed by atoms with Gasteiger partial charge in [-0.25, -0.2) is 0 Å². The van der Waals surface area contributed by atoms with Crippen molar-refractivity contribution in [2.75, 3.05) is 13.7 Å². The second kappa shape index (κ2) is 8.04. The van der Waals surface area contributed by atoms with E-state index in [9.17, 15) is 0 Å². The van der Waals surface area contributed by atoms with Crippen LogP contribution in [0.1, 0.15) is 57.2 Å². The number of piperidine rings is 1. The average molecular weight is 367 g/mol. The molecule has 1 aliphatic rings. The Kier molecular flexibility index (Phi) is 5.92. The van der Waals surface area contributed by atoms with E-state index >= 15 is 0 Å². The third kappa shape index (κ3) is 4.36. The molecule has 3 heteroatoms. The summed E-state index contributed by atoms with van der Waals surface area (Å²) in [6.45, 7) is 11.0. The van der Waals surface area contributed by atoms with Crippen LogP contribution in [0.15, 0.2) is 48.5 Å². The maximum Gasteiger partial charge on any atom is 0.123 e. The first-order valence-corrected chi connectivity index (χ1v) is 10.1. The molecule has 2 aromatic rings. The van der Waals surface area contributed by atoms with Crippen molar-refractivity contribution in [3.63, 3.8) is 0 Å². The normalized spacial score (nSPS) is 23.2. The minimum atomic E-state index is -0.0611. The van der Waals surface area contributed by atoms with Gasteiger partial charge in [0.1, 0.15) is 5.75 Å². The molecule has 0 radical (unpaired) electrons. The molecule has 3 nitrogen and oxygen atoms in total. The van der Waals surface area contributed by atoms with Gasteiger partial charge in [0.15, 0.2) is 0 Å². The summed E-state index contributed by atoms with van der Waals surface area (Å²) in [6, 6.07) is 17.8. The van der Waals surface area contributed by atoms with Crippen molar-refractivity contribution >= 4 is 0 Å². The first-order chi connectivity index (χ1) is 12.8. The molecule has 0 bridgehead atoms. The Hall–Kier alpha value is -1.84. The van der Waals surface area contributed by atoms with Gasteiger partial charge in [-0.3, -0.25) is 0 Å². The Morgan fingerprint density at radius 3 is 2.56 bits per heavy atom. The third-order valence-electron chi connectivity index (χ3n) is 5.92. The highest BCUT2D eigenvalue weighted by Crippen LogP contribution is 2.32. The largest absolute Gasteiger partial charge is 0.496 e. The van der Waals surface area contributed by atoms with Crippen molar-refractivity contribution in [2.45, 2.75) is 64.1 Å². The predicted molar refractivity (Wildman–Crippen MR) is 113 cm³/mol. The minimum Gasteiger partial charge on any atom is -0.496 e. The summed E-state index contributed by atoms with van der Waals surface area (Å²) >= 11 is 0. The van der Waals surface area contributed by atoms with Gasteiger partial charge in [-0.2, -0.15) is 0 Å². The van der Waals surface area contributed by atoms with Gasteiger partial charge in [0.2, 0.25) is 0 Å². The molecule has 27 heavy (non-hydrogen) atoms. The second-order valence-electron chi connectivity index (χ2n) is 8.85. The number of nitrogens with one attached hydrogen (secondary N) is 2. The summed E-state index contributed by atoms with van der Waals surface area (Å²) in [4.78, 5) is 0. The monoisotopic (exact) mass is 366 g/mol. The van der Waals surface area contributed by atoms with Crippen LogP contribution < -0.4 is 15.4 Å². The molecule has 1 fully saturated rings. The lowest BCUT2D eigenvalue weighted by molar-refractivity contribution is 0.201. The van der Waals surface area contributed by atoms with Gasteiger partial charge >= 0.3 is 0 Å². The van der Waals surface area contributed by atoms with E-state index in [0.717, 1.165) is 18.8 Å². The number of hydrogen-bond donors (Lipinski definition) is 2. The van der Waals surface area contributed by atoms with Crippen molar-refractivity contribution in [1.82, 2.24) is 10.6 Å². The van der Waals surface area contributed by atoms with Crippen LogP contribution in [0.4, 0.5) is 0 Å². The molecule has 0 spiro atoms. The van der Waals surface area contributed by atoms with Crippen LogP contribution >= 0.6 is 0 Å². The molecular weight excluding hydrogens is 332 g/mol. The molecule has 3 rings (SSSR count). The van der Waals surface area contributed by atoms with E-state index in [2.05, 4.69) is 86.9 Å². The Morgan fingerprint density at radius 1 is 1.15 bits per heavy atom. The minimum absolute atomic E-state index is 0.0611. The number of ether oxygens (including phenoxy) is 1. The molecule has 1 aliphatic heterocycles. The van der Waals surface area contributed by atoms with Gasteiger partial charge in [-0.05, 0) is 48.9 Å². The fourth-order valence-corrected chi connectivity index (χ4v) is 4.08. The maximum absolute atomic E-state index is 5.63. The summed E-state index contributed by atoms with van der Waals surface area (Å²) in [5.41, 5.74) is 3.98. The zero-order valence-corrected chi connectivity index (χ0v) is 17.4. The molecule has 0 aromatic heterocycles. The van der Waals surface area contributed by atoms with Crippen molar-refractivity contribution < 1.29 is 4.74 Å². The molecule has 1 heterocycles. The van der Waals surface area contributed by atoms with E-state index in [0.29, 0.717) is 6.04 Å². The van der Waals surface area contributed by atoms with Crippen LogP contribution in [0, 0.1) is 0 Å². The lowest BCUT2D eigenvalue weighted by atomic mass is 9.79. The standard InChI is InChI=1S/C24H34N2O/c1-23(2,3)20-13-14-21(27-5)18(16-20)17-25-22-12-9-15-26-24(22,4)19-10-7-6-8-11-19/h6-8,10-11,13-14,16,22,25-26H,9,12,15,17H2,1-5H3. The molecule has 146 valence electrons. The van der Waals surface area contributed by atoms with E-state index in [1.165, 1.54) is 29.5 Å². The van der Waals surface area contributed by atoms with E-state index in [-0.39, 0.29) is 11.0 Å². The topological polar surface area (TPSA) is 33.3 Å². The molecule has 2 unspecified atom stereocenters. The number of hydrogen-bond acceptors (Lipinski definition) is 3. The van der Waals surface area contributed by atoms with Gasteiger partial charge in [-0.15, -0.1) is 0 Å². The Labute approximate surface area is 164 Å². The van der Waals surface area contributed by atoms with Crippen LogP contribution in [0.5, 0.6) is 5.75 Å². The number of methoxy groups -OCH3 is 1. The first kappa shape index (κ1) is 19.9. The second-order valence-corrected chi connectivity index (χ2v) is 8.85. The molecule has 2 atom stereocenters. The van der Waals surface area contributed by atoms with E-state index in [1.54, 1.807) is 7.11 Å². The molecule has 1 saturated heterocycles. The Bertz CT molecular complexity index is 751. The maximum atomic E-state index is 5.63. The van der Waals surface area contributed by atoms with Gasteiger partial charge in [0.25, 0.3) is 0 Å². The van der Waals surface area contributed by atoms with Crippen LogP contribution in [-0.4, -0.2) is 19.7 Å². The Balaban J connectivity index is 1.82. The van der Waals surface area contributed by atoms with E-state index in [1.807, 2.05) is 0 Å². The van der Waals surface area contributed by atoms with Crippen molar-refractivity contribution in [1.29, 1.82) is 0 Å². The number of benzene rings is 2. The van der Waals surface area contributed by atoms with Crippen molar-refractivity contribution in [3.05, 3.63) is 65.2 Å². The van der Waals surface area contributed by atoms with Crippen LogP contribution in [0.25, 0.3) is 0 Å². The lowest BCUT2D eigenvalue weighted by Crippen LogP contribution is -2.58. The van der Waals surface area contributed by atoms with Gasteiger partial charge in [-0.1, -0.05) is 63.2 Å². The van der Waals surface area contributed by atoms with Crippen molar-refractivity contribution in [3.8, 4) is 5.75 Å². The zero-order chi connectivity index (χ0) is 19.5. The predicted octanol–water partition coefficient (Wildman–Crippen LogP) is 4.75. The van der Waals surface area contributed by atoms with Crippen LogP contribution in [0.3, 0.4) is 0 Å². The molecule has 0 amide bonds. The van der Waals surface area contributed by atoms with Gasteiger partial charge in [0.05, 0.1) is 12.6 Å². The molecule has 0 aliphatic carbocycles. The molecule has 2 aromatic carbocycles. The van der Waals surface area contributed by atoms with E-state index < -0.39 is 0 Å².